The predicted molar refractivity (Wildman–Crippen MR) is 113 cm³/mol. The molecule has 3 aromatic rings. The molecule has 1 saturated carbocycles. The number of nitrogens with zero attached hydrogens (tertiary/aromatic N) is 3. The minimum absolute atomic E-state index is 0.0210. The van der Waals surface area contributed by atoms with Gasteiger partial charge in [0.1, 0.15) is 6.61 Å². The van der Waals surface area contributed by atoms with Crippen LogP contribution in [0.4, 0.5) is 5.13 Å². The summed E-state index contributed by atoms with van der Waals surface area (Å²) in [6, 6.07) is 9.15. The summed E-state index contributed by atoms with van der Waals surface area (Å²) in [5, 5.41) is 12.3. The molecule has 2 aromatic heterocycles. The van der Waals surface area contributed by atoms with E-state index in [-0.39, 0.29) is 11.3 Å². The Bertz CT molecular complexity index is 1070. The highest BCUT2D eigenvalue weighted by Gasteiger charge is 2.57. The molecular formula is C21H19ClN4O3S. The zero-order chi connectivity index (χ0) is 20.6. The first-order chi connectivity index (χ1) is 14.6. The Balaban J connectivity index is 1.26. The van der Waals surface area contributed by atoms with E-state index in [9.17, 15) is 4.79 Å². The van der Waals surface area contributed by atoms with Crippen LogP contribution in [-0.4, -0.2) is 34.3 Å². The third-order valence-electron chi connectivity index (χ3n) is 5.75. The SMILES string of the molecule is O=C(Nc1nnc(OCc2ccc(Cl)cc2)s1)c1ccncc1[C@@]12CCOC[C@@H]1C2. The van der Waals surface area contributed by atoms with Gasteiger partial charge in [-0.2, -0.15) is 0 Å². The van der Waals surface area contributed by atoms with E-state index in [2.05, 4.69) is 20.5 Å². The number of rotatable bonds is 6. The van der Waals surface area contributed by atoms with Crippen LogP contribution in [0.25, 0.3) is 0 Å². The molecule has 1 aromatic carbocycles. The Morgan fingerprint density at radius 3 is 3.00 bits per heavy atom. The number of anilines is 1. The Morgan fingerprint density at radius 2 is 2.17 bits per heavy atom. The van der Waals surface area contributed by atoms with E-state index in [1.165, 1.54) is 11.3 Å². The van der Waals surface area contributed by atoms with E-state index in [4.69, 9.17) is 21.1 Å². The van der Waals surface area contributed by atoms with Gasteiger partial charge in [0.15, 0.2) is 0 Å². The smallest absolute Gasteiger partial charge is 0.296 e. The maximum absolute atomic E-state index is 13.0. The number of halogens is 1. The number of nitrogens with one attached hydrogen (secondary N) is 1. The number of ether oxygens (including phenoxy) is 2. The predicted octanol–water partition coefficient (Wildman–Crippen LogP) is 4.10. The first kappa shape index (κ1) is 19.4. The van der Waals surface area contributed by atoms with Crippen molar-refractivity contribution in [2.45, 2.75) is 24.9 Å². The molecule has 2 fully saturated rings. The summed E-state index contributed by atoms with van der Waals surface area (Å²) in [5.74, 6) is 0.260. The van der Waals surface area contributed by atoms with Crippen molar-refractivity contribution in [3.8, 4) is 5.19 Å². The molecule has 9 heteroatoms. The maximum atomic E-state index is 13.0. The molecule has 154 valence electrons. The standard InChI is InChI=1S/C21H19ClN4O3S/c22-15-3-1-13(2-4-15)11-29-20-26-25-19(30-20)24-18(27)16-5-7-23-10-17(16)21-6-8-28-12-14(21)9-21/h1-5,7,10,14H,6,8-9,11-12H2,(H,24,25,27)/t14-,21+/m0/s1. The van der Waals surface area contributed by atoms with Gasteiger partial charge in [-0.15, -0.1) is 5.10 Å². The molecule has 1 aliphatic heterocycles. The molecule has 7 nitrogen and oxygen atoms in total. The summed E-state index contributed by atoms with van der Waals surface area (Å²) in [7, 11) is 0. The summed E-state index contributed by atoms with van der Waals surface area (Å²) in [6.07, 6.45) is 5.43. The van der Waals surface area contributed by atoms with Crippen LogP contribution < -0.4 is 10.1 Å². The number of fused-ring (bicyclic) bond motifs is 1. The second-order valence-electron chi connectivity index (χ2n) is 7.55. The third-order valence-corrected chi connectivity index (χ3v) is 6.75. The van der Waals surface area contributed by atoms with E-state index < -0.39 is 0 Å². The average Bonchev–Trinajstić information content (AvgIpc) is 3.37. The summed E-state index contributed by atoms with van der Waals surface area (Å²) in [5.41, 5.74) is 2.62. The lowest BCUT2D eigenvalue weighted by Gasteiger charge is -2.24. The van der Waals surface area contributed by atoms with Gasteiger partial charge in [-0.3, -0.25) is 15.1 Å². The van der Waals surface area contributed by atoms with Gasteiger partial charge in [0.05, 0.1) is 6.61 Å². The number of carbonyl (C=O) groups is 1. The van der Waals surface area contributed by atoms with Crippen molar-refractivity contribution >= 4 is 34.0 Å². The zero-order valence-corrected chi connectivity index (χ0v) is 17.6. The molecule has 5 rings (SSSR count). The number of pyridine rings is 1. The van der Waals surface area contributed by atoms with Gasteiger partial charge in [0, 0.05) is 35.0 Å². The van der Waals surface area contributed by atoms with E-state index in [1.54, 1.807) is 24.4 Å². The van der Waals surface area contributed by atoms with Crippen molar-refractivity contribution in [3.63, 3.8) is 0 Å². The highest BCUT2D eigenvalue weighted by molar-refractivity contribution is 7.17. The molecule has 1 N–H and O–H groups in total. The van der Waals surface area contributed by atoms with Crippen molar-refractivity contribution < 1.29 is 14.3 Å². The molecule has 0 bridgehead atoms. The lowest BCUT2D eigenvalue weighted by molar-refractivity contribution is 0.0796. The van der Waals surface area contributed by atoms with Crippen LogP contribution >= 0.6 is 22.9 Å². The third kappa shape index (κ3) is 3.78. The van der Waals surface area contributed by atoms with Crippen molar-refractivity contribution in [3.05, 3.63) is 64.4 Å². The van der Waals surface area contributed by atoms with Crippen molar-refractivity contribution in [1.82, 2.24) is 15.2 Å². The molecule has 0 radical (unpaired) electrons. The molecule has 1 aliphatic carbocycles. The largest absolute Gasteiger partial charge is 0.464 e. The van der Waals surface area contributed by atoms with Gasteiger partial charge in [0.25, 0.3) is 11.1 Å². The second kappa shape index (κ2) is 7.94. The van der Waals surface area contributed by atoms with Crippen molar-refractivity contribution in [1.29, 1.82) is 0 Å². The topological polar surface area (TPSA) is 86.2 Å². The number of aromatic nitrogens is 3. The Labute approximate surface area is 182 Å². The summed E-state index contributed by atoms with van der Waals surface area (Å²) < 4.78 is 11.2. The van der Waals surface area contributed by atoms with E-state index in [1.807, 2.05) is 18.3 Å². The fourth-order valence-corrected chi connectivity index (χ4v) is 4.76. The van der Waals surface area contributed by atoms with Crippen LogP contribution in [0, 0.1) is 5.92 Å². The van der Waals surface area contributed by atoms with Crippen LogP contribution in [0.1, 0.15) is 34.3 Å². The molecule has 0 spiro atoms. The van der Waals surface area contributed by atoms with Gasteiger partial charge in [0.2, 0.25) is 5.13 Å². The fraction of sp³-hybridized carbons (Fsp3) is 0.333. The molecule has 2 aliphatic rings. The van der Waals surface area contributed by atoms with Crippen LogP contribution in [0.2, 0.25) is 5.02 Å². The Kier molecular flexibility index (Phi) is 5.14. The molecule has 2 atom stereocenters. The lowest BCUT2D eigenvalue weighted by Crippen LogP contribution is -2.25. The number of benzene rings is 1. The molecule has 0 unspecified atom stereocenters. The Morgan fingerprint density at radius 1 is 1.30 bits per heavy atom. The van der Waals surface area contributed by atoms with Crippen LogP contribution in [0.15, 0.2) is 42.7 Å². The quantitative estimate of drug-likeness (QED) is 0.618. The highest BCUT2D eigenvalue weighted by Crippen LogP contribution is 2.59. The van der Waals surface area contributed by atoms with E-state index in [0.29, 0.717) is 33.4 Å². The van der Waals surface area contributed by atoms with Gasteiger partial charge >= 0.3 is 0 Å². The van der Waals surface area contributed by atoms with E-state index >= 15 is 0 Å². The fourth-order valence-electron chi connectivity index (χ4n) is 4.05. The number of amides is 1. The molecule has 1 amide bonds. The normalized spacial score (nSPS) is 22.2. The van der Waals surface area contributed by atoms with Gasteiger partial charge < -0.3 is 9.47 Å². The molecule has 1 saturated heterocycles. The summed E-state index contributed by atoms with van der Waals surface area (Å²) in [6.45, 7) is 1.82. The van der Waals surface area contributed by atoms with Gasteiger partial charge in [-0.25, -0.2) is 0 Å². The minimum atomic E-state index is -0.209. The number of carbonyl (C=O) groups excluding carboxylic acids is 1. The lowest BCUT2D eigenvalue weighted by atomic mass is 9.87. The first-order valence-corrected chi connectivity index (χ1v) is 10.9. The van der Waals surface area contributed by atoms with Crippen molar-refractivity contribution in [2.75, 3.05) is 18.5 Å². The van der Waals surface area contributed by atoms with Crippen LogP contribution in [-0.2, 0) is 16.8 Å². The molecule has 30 heavy (non-hydrogen) atoms. The van der Waals surface area contributed by atoms with Gasteiger partial charge in [-0.05, 0) is 59.4 Å². The second-order valence-corrected chi connectivity index (χ2v) is 8.92. The molecule has 3 heterocycles. The summed E-state index contributed by atoms with van der Waals surface area (Å²) >= 11 is 7.08. The van der Waals surface area contributed by atoms with Gasteiger partial charge in [-0.1, -0.05) is 28.8 Å². The number of hydrogen-bond acceptors (Lipinski definition) is 7. The Hall–Kier alpha value is -2.55. The summed E-state index contributed by atoms with van der Waals surface area (Å²) in [4.78, 5) is 17.2. The average molecular weight is 443 g/mol. The first-order valence-electron chi connectivity index (χ1n) is 9.68. The van der Waals surface area contributed by atoms with Crippen LogP contribution in [0.3, 0.4) is 0 Å². The van der Waals surface area contributed by atoms with Crippen molar-refractivity contribution in [2.24, 2.45) is 5.92 Å². The maximum Gasteiger partial charge on any atom is 0.296 e. The van der Waals surface area contributed by atoms with E-state index in [0.717, 1.165) is 37.2 Å². The number of hydrogen-bond donors (Lipinski definition) is 1. The van der Waals surface area contributed by atoms with Crippen LogP contribution in [0.5, 0.6) is 5.19 Å². The molecular weight excluding hydrogens is 424 g/mol. The highest BCUT2D eigenvalue weighted by atomic mass is 35.5. The monoisotopic (exact) mass is 442 g/mol. The minimum Gasteiger partial charge on any atom is -0.464 e. The zero-order valence-electron chi connectivity index (χ0n) is 16.0.